The Morgan fingerprint density at radius 1 is 1.40 bits per heavy atom. The van der Waals surface area contributed by atoms with Crippen molar-refractivity contribution in [2.75, 3.05) is 6.54 Å². The average Bonchev–Trinajstić information content (AvgIpc) is 2.90. The van der Waals surface area contributed by atoms with Gasteiger partial charge in [-0.1, -0.05) is 32.8 Å². The summed E-state index contributed by atoms with van der Waals surface area (Å²) in [6.07, 6.45) is 5.46. The lowest BCUT2D eigenvalue weighted by Crippen LogP contribution is -2.33. The lowest BCUT2D eigenvalue weighted by atomic mass is 9.99. The fraction of sp³-hybridized carbons (Fsp3) is 0.467. The maximum absolute atomic E-state index is 12.2. The van der Waals surface area contributed by atoms with Gasteiger partial charge >= 0.3 is 0 Å². The Balaban J connectivity index is 2.02. The number of carbonyl (C=O) groups excluding carboxylic acids is 1. The molecule has 0 aromatic carbocycles. The number of alkyl halides is 1. The first-order valence-corrected chi connectivity index (χ1v) is 7.45. The molecule has 0 saturated carbocycles. The van der Waals surface area contributed by atoms with Gasteiger partial charge in [0, 0.05) is 12.7 Å². The van der Waals surface area contributed by atoms with Crippen LogP contribution in [0.3, 0.4) is 0 Å². The van der Waals surface area contributed by atoms with E-state index in [4.69, 9.17) is 11.6 Å². The van der Waals surface area contributed by atoms with Crippen LogP contribution in [0.4, 0.5) is 0 Å². The van der Waals surface area contributed by atoms with Gasteiger partial charge in [0.15, 0.2) is 0 Å². The zero-order valence-electron chi connectivity index (χ0n) is 11.8. The summed E-state index contributed by atoms with van der Waals surface area (Å²) in [6.45, 7) is 4.73. The highest BCUT2D eigenvalue weighted by Crippen LogP contribution is 2.18. The lowest BCUT2D eigenvalue weighted by Gasteiger charge is -2.19. The first-order chi connectivity index (χ1) is 9.67. The third-order valence-corrected chi connectivity index (χ3v) is 4.20. The number of fused-ring (bicyclic) bond motifs is 1. The molecular weight excluding hydrogens is 274 g/mol. The lowest BCUT2D eigenvalue weighted by molar-refractivity contribution is 0.0953. The summed E-state index contributed by atoms with van der Waals surface area (Å²) in [5.74, 6) is 0.309. The van der Waals surface area contributed by atoms with Gasteiger partial charge in [0.1, 0.15) is 0 Å². The molecule has 2 rings (SSSR count). The molecule has 0 aliphatic rings. The van der Waals surface area contributed by atoms with Crippen LogP contribution >= 0.6 is 11.6 Å². The predicted molar refractivity (Wildman–Crippen MR) is 81.2 cm³/mol. The number of carbonyl (C=O) groups is 1. The Bertz CT molecular complexity index is 577. The van der Waals surface area contributed by atoms with E-state index in [0.29, 0.717) is 18.0 Å². The normalized spacial score (nSPS) is 12.8. The molecule has 2 aromatic heterocycles. The van der Waals surface area contributed by atoms with E-state index in [1.54, 1.807) is 10.7 Å². The second-order valence-corrected chi connectivity index (χ2v) is 5.45. The van der Waals surface area contributed by atoms with Crippen molar-refractivity contribution in [2.45, 2.75) is 32.1 Å². The van der Waals surface area contributed by atoms with Crippen LogP contribution < -0.4 is 5.32 Å². The number of halogens is 1. The number of nitrogens with zero attached hydrogens (tertiary/aromatic N) is 2. The summed E-state index contributed by atoms with van der Waals surface area (Å²) in [5.41, 5.74) is 1.39. The molecule has 0 saturated heterocycles. The van der Waals surface area contributed by atoms with E-state index in [0.717, 1.165) is 18.4 Å². The van der Waals surface area contributed by atoms with Gasteiger partial charge in [0.25, 0.3) is 5.91 Å². The Morgan fingerprint density at radius 2 is 2.15 bits per heavy atom. The van der Waals surface area contributed by atoms with E-state index in [2.05, 4.69) is 24.3 Å². The van der Waals surface area contributed by atoms with Gasteiger partial charge in [-0.05, 0) is 18.1 Å². The molecule has 0 aliphatic heterocycles. The molecule has 1 unspecified atom stereocenters. The number of nitrogens with one attached hydrogen (secondary N) is 1. The van der Waals surface area contributed by atoms with Crippen molar-refractivity contribution in [1.82, 2.24) is 14.9 Å². The first-order valence-electron chi connectivity index (χ1n) is 7.02. The molecule has 0 bridgehead atoms. The quantitative estimate of drug-likeness (QED) is 0.832. The van der Waals surface area contributed by atoms with E-state index in [1.165, 1.54) is 0 Å². The molecule has 20 heavy (non-hydrogen) atoms. The van der Waals surface area contributed by atoms with Crippen molar-refractivity contribution in [3.8, 4) is 0 Å². The highest BCUT2D eigenvalue weighted by Gasteiger charge is 2.18. The van der Waals surface area contributed by atoms with Gasteiger partial charge in [-0.2, -0.15) is 5.10 Å². The minimum Gasteiger partial charge on any atom is -0.350 e. The number of hydrogen-bond acceptors (Lipinski definition) is 2. The van der Waals surface area contributed by atoms with Gasteiger partial charge in [-0.15, -0.1) is 11.6 Å². The Labute approximate surface area is 124 Å². The number of hydrogen-bond donors (Lipinski definition) is 1. The molecule has 1 N–H and O–H groups in total. The summed E-state index contributed by atoms with van der Waals surface area (Å²) in [4.78, 5) is 12.2. The van der Waals surface area contributed by atoms with Crippen LogP contribution in [0.15, 0.2) is 30.6 Å². The topological polar surface area (TPSA) is 46.4 Å². The van der Waals surface area contributed by atoms with Crippen molar-refractivity contribution in [3.63, 3.8) is 0 Å². The van der Waals surface area contributed by atoms with E-state index in [-0.39, 0.29) is 11.3 Å². The number of amides is 1. The fourth-order valence-corrected chi connectivity index (χ4v) is 2.80. The molecule has 2 aromatic rings. The van der Waals surface area contributed by atoms with Crippen molar-refractivity contribution in [1.29, 1.82) is 0 Å². The van der Waals surface area contributed by atoms with Gasteiger partial charge < -0.3 is 5.32 Å². The summed E-state index contributed by atoms with van der Waals surface area (Å²) >= 11 is 6.34. The molecule has 108 valence electrons. The van der Waals surface area contributed by atoms with Crippen LogP contribution in [0.5, 0.6) is 0 Å². The zero-order valence-corrected chi connectivity index (χ0v) is 12.6. The molecule has 4 nitrogen and oxygen atoms in total. The van der Waals surface area contributed by atoms with Gasteiger partial charge in [-0.3, -0.25) is 4.79 Å². The molecule has 0 spiro atoms. The van der Waals surface area contributed by atoms with Crippen LogP contribution in [-0.4, -0.2) is 27.4 Å². The van der Waals surface area contributed by atoms with Crippen molar-refractivity contribution < 1.29 is 4.79 Å². The second kappa shape index (κ2) is 6.75. The van der Waals surface area contributed by atoms with E-state index < -0.39 is 0 Å². The summed E-state index contributed by atoms with van der Waals surface area (Å²) in [5, 5.41) is 7.03. The maximum atomic E-state index is 12.2. The highest BCUT2D eigenvalue weighted by atomic mass is 35.5. The van der Waals surface area contributed by atoms with Crippen molar-refractivity contribution >= 4 is 23.0 Å². The zero-order chi connectivity index (χ0) is 14.5. The van der Waals surface area contributed by atoms with Gasteiger partial charge in [0.2, 0.25) is 0 Å². The van der Waals surface area contributed by atoms with E-state index in [1.807, 2.05) is 24.4 Å². The minimum atomic E-state index is -0.122. The van der Waals surface area contributed by atoms with Crippen LogP contribution in [0.1, 0.15) is 37.0 Å². The Hall–Kier alpha value is -1.55. The molecule has 0 aliphatic carbocycles. The summed E-state index contributed by atoms with van der Waals surface area (Å²) in [6, 6.07) is 5.65. The number of rotatable bonds is 6. The minimum absolute atomic E-state index is 0.0317. The number of pyridine rings is 1. The highest BCUT2D eigenvalue weighted by molar-refractivity contribution is 6.21. The van der Waals surface area contributed by atoms with E-state index in [9.17, 15) is 4.79 Å². The summed E-state index contributed by atoms with van der Waals surface area (Å²) < 4.78 is 1.69. The second-order valence-electron chi connectivity index (χ2n) is 4.89. The fourth-order valence-electron chi connectivity index (χ4n) is 2.36. The predicted octanol–water partition coefficient (Wildman–Crippen LogP) is 3.11. The SMILES string of the molecule is CCC(CC)C(Cl)CNC(=O)c1cnn2ccccc12. The molecule has 1 amide bonds. The largest absolute Gasteiger partial charge is 0.350 e. The third kappa shape index (κ3) is 3.12. The molecular formula is C15H20ClN3O. The van der Waals surface area contributed by atoms with Crippen LogP contribution in [0, 0.1) is 5.92 Å². The molecule has 5 heteroatoms. The number of aromatic nitrogens is 2. The maximum Gasteiger partial charge on any atom is 0.255 e. The van der Waals surface area contributed by atoms with Gasteiger partial charge in [-0.25, -0.2) is 4.52 Å². The van der Waals surface area contributed by atoms with Crippen LogP contribution in [-0.2, 0) is 0 Å². The molecule has 0 radical (unpaired) electrons. The van der Waals surface area contributed by atoms with Crippen LogP contribution in [0.2, 0.25) is 0 Å². The van der Waals surface area contributed by atoms with Crippen molar-refractivity contribution in [2.24, 2.45) is 5.92 Å². The first kappa shape index (κ1) is 14.9. The summed E-state index contributed by atoms with van der Waals surface area (Å²) in [7, 11) is 0. The van der Waals surface area contributed by atoms with Crippen molar-refractivity contribution in [3.05, 3.63) is 36.2 Å². The average molecular weight is 294 g/mol. The molecule has 1 atom stereocenters. The third-order valence-electron chi connectivity index (χ3n) is 3.69. The Kier molecular flexibility index (Phi) is 5.01. The molecule has 0 fully saturated rings. The van der Waals surface area contributed by atoms with Crippen LogP contribution in [0.25, 0.3) is 5.52 Å². The van der Waals surface area contributed by atoms with Gasteiger partial charge in [0.05, 0.1) is 22.7 Å². The monoisotopic (exact) mass is 293 g/mol. The standard InChI is InChI=1S/C15H20ClN3O/c1-3-11(4-2)13(16)10-17-15(20)12-9-18-19-8-6-5-7-14(12)19/h5-9,11,13H,3-4,10H2,1-2H3,(H,17,20). The Morgan fingerprint density at radius 3 is 2.85 bits per heavy atom. The van der Waals surface area contributed by atoms with E-state index >= 15 is 0 Å². The smallest absolute Gasteiger partial charge is 0.255 e. The molecule has 2 heterocycles.